The van der Waals surface area contributed by atoms with Gasteiger partial charge in [-0.05, 0) is 32.0 Å². The van der Waals surface area contributed by atoms with Crippen LogP contribution in [-0.4, -0.2) is 24.5 Å². The molecule has 2 aromatic rings. The fourth-order valence-corrected chi connectivity index (χ4v) is 3.18. The monoisotopic (exact) mass is 296 g/mol. The summed E-state index contributed by atoms with van der Waals surface area (Å²) in [5, 5.41) is 3.52. The van der Waals surface area contributed by atoms with Gasteiger partial charge >= 0.3 is 0 Å². The van der Waals surface area contributed by atoms with Gasteiger partial charge in [0.15, 0.2) is 0 Å². The molecule has 0 radical (unpaired) electrons. The van der Waals surface area contributed by atoms with Gasteiger partial charge in [0, 0.05) is 17.8 Å². The Kier molecular flexibility index (Phi) is 3.53. The minimum Gasteiger partial charge on any atom is -0.496 e. The number of nitrogens with one attached hydrogen (secondary N) is 1. The number of hydrogen-bond donors (Lipinski definition) is 1. The summed E-state index contributed by atoms with van der Waals surface area (Å²) in [4.78, 5) is 14.7. The van der Waals surface area contributed by atoms with Gasteiger partial charge in [0.25, 0.3) is 5.91 Å². The largest absolute Gasteiger partial charge is 0.496 e. The van der Waals surface area contributed by atoms with Crippen LogP contribution in [0.4, 0.5) is 5.69 Å². The smallest absolute Gasteiger partial charge is 0.258 e. The summed E-state index contributed by atoms with van der Waals surface area (Å²) < 4.78 is 5.50. The molecule has 0 bridgehead atoms. The van der Waals surface area contributed by atoms with Gasteiger partial charge in [0.1, 0.15) is 11.4 Å². The zero-order chi connectivity index (χ0) is 15.7. The van der Waals surface area contributed by atoms with Crippen LogP contribution < -0.4 is 10.1 Å². The van der Waals surface area contributed by atoms with Crippen LogP contribution in [0.5, 0.6) is 5.75 Å². The van der Waals surface area contributed by atoms with E-state index in [9.17, 15) is 4.79 Å². The Hall–Kier alpha value is -2.49. The molecule has 0 spiro atoms. The Balaban J connectivity index is 2.18. The standard InChI is InChI=1S/C18H20N2O2/c1-4-20-17(21)13-9-5-7-11-15(13)19-18(20,2)14-10-6-8-12-16(14)22-3/h5-12,19H,4H2,1-3H3. The van der Waals surface area contributed by atoms with Crippen molar-refractivity contribution in [3.8, 4) is 5.75 Å². The van der Waals surface area contributed by atoms with Crippen LogP contribution in [0.15, 0.2) is 48.5 Å². The summed E-state index contributed by atoms with van der Waals surface area (Å²) in [5.41, 5.74) is 1.86. The molecule has 4 nitrogen and oxygen atoms in total. The lowest BCUT2D eigenvalue weighted by molar-refractivity contribution is 0.0548. The Bertz CT molecular complexity index is 714. The average molecular weight is 296 g/mol. The van der Waals surface area contributed by atoms with Crippen LogP contribution >= 0.6 is 0 Å². The minimum absolute atomic E-state index is 0.0326. The highest BCUT2D eigenvalue weighted by Gasteiger charge is 2.42. The van der Waals surface area contributed by atoms with Crippen LogP contribution in [0, 0.1) is 0 Å². The molecule has 1 aliphatic rings. The molecule has 1 N–H and O–H groups in total. The molecule has 0 aliphatic carbocycles. The second kappa shape index (κ2) is 5.37. The first-order chi connectivity index (χ1) is 10.6. The lowest BCUT2D eigenvalue weighted by Gasteiger charge is -2.46. The second-order valence-corrected chi connectivity index (χ2v) is 5.49. The van der Waals surface area contributed by atoms with Crippen LogP contribution in [0.1, 0.15) is 29.8 Å². The van der Waals surface area contributed by atoms with Gasteiger partial charge in [-0.1, -0.05) is 30.3 Å². The molecule has 1 aliphatic heterocycles. The third kappa shape index (κ3) is 2.03. The average Bonchev–Trinajstić information content (AvgIpc) is 2.55. The Morgan fingerprint density at radius 3 is 2.55 bits per heavy atom. The maximum atomic E-state index is 12.9. The van der Waals surface area contributed by atoms with Crippen LogP contribution in [0.3, 0.4) is 0 Å². The third-order valence-corrected chi connectivity index (χ3v) is 4.27. The molecule has 114 valence electrons. The number of carbonyl (C=O) groups is 1. The van der Waals surface area contributed by atoms with Crippen molar-refractivity contribution < 1.29 is 9.53 Å². The molecule has 0 saturated carbocycles. The van der Waals surface area contributed by atoms with E-state index in [1.807, 2.05) is 67.3 Å². The number of ether oxygens (including phenoxy) is 1. The number of amides is 1. The van der Waals surface area contributed by atoms with Crippen molar-refractivity contribution in [2.24, 2.45) is 0 Å². The molecule has 0 fully saturated rings. The molecule has 1 amide bonds. The number of methoxy groups -OCH3 is 1. The van der Waals surface area contributed by atoms with Gasteiger partial charge in [-0.3, -0.25) is 4.79 Å². The van der Waals surface area contributed by atoms with Gasteiger partial charge in [-0.15, -0.1) is 0 Å². The number of nitrogens with zero attached hydrogens (tertiary/aromatic N) is 1. The van der Waals surface area contributed by atoms with E-state index in [2.05, 4.69) is 5.32 Å². The second-order valence-electron chi connectivity index (χ2n) is 5.49. The Labute approximate surface area is 130 Å². The van der Waals surface area contributed by atoms with E-state index >= 15 is 0 Å². The highest BCUT2D eigenvalue weighted by molar-refractivity contribution is 6.02. The fraction of sp³-hybridized carbons (Fsp3) is 0.278. The van der Waals surface area contributed by atoms with Crippen molar-refractivity contribution in [1.29, 1.82) is 0 Å². The first kappa shape index (κ1) is 14.4. The summed E-state index contributed by atoms with van der Waals surface area (Å²) in [6.45, 7) is 4.61. The summed E-state index contributed by atoms with van der Waals surface area (Å²) in [6, 6.07) is 15.4. The van der Waals surface area contributed by atoms with E-state index in [1.54, 1.807) is 7.11 Å². The van der Waals surface area contributed by atoms with Gasteiger partial charge in [-0.2, -0.15) is 0 Å². The Morgan fingerprint density at radius 2 is 1.82 bits per heavy atom. The van der Waals surface area contributed by atoms with Gasteiger partial charge in [0.05, 0.1) is 12.7 Å². The number of rotatable bonds is 3. The fourth-order valence-electron chi connectivity index (χ4n) is 3.18. The maximum absolute atomic E-state index is 12.9. The van der Waals surface area contributed by atoms with Crippen molar-refractivity contribution >= 4 is 11.6 Å². The quantitative estimate of drug-likeness (QED) is 0.943. The number of anilines is 1. The summed E-state index contributed by atoms with van der Waals surface area (Å²) in [6.07, 6.45) is 0. The summed E-state index contributed by atoms with van der Waals surface area (Å²) in [7, 11) is 1.65. The molecule has 1 atom stereocenters. The molecule has 4 heteroatoms. The molecule has 2 aromatic carbocycles. The van der Waals surface area contributed by atoms with Crippen molar-refractivity contribution in [2.45, 2.75) is 19.5 Å². The number of fused-ring (bicyclic) bond motifs is 1. The number of hydrogen-bond acceptors (Lipinski definition) is 3. The third-order valence-electron chi connectivity index (χ3n) is 4.27. The van der Waals surface area contributed by atoms with E-state index in [-0.39, 0.29) is 5.91 Å². The lowest BCUT2D eigenvalue weighted by Crippen LogP contribution is -2.55. The van der Waals surface area contributed by atoms with E-state index in [4.69, 9.17) is 4.74 Å². The van der Waals surface area contributed by atoms with E-state index in [0.717, 1.165) is 17.0 Å². The zero-order valence-electron chi connectivity index (χ0n) is 13.1. The predicted molar refractivity (Wildman–Crippen MR) is 87.1 cm³/mol. The van der Waals surface area contributed by atoms with Gasteiger partial charge < -0.3 is 15.0 Å². The molecule has 1 heterocycles. The summed E-state index contributed by atoms with van der Waals surface area (Å²) >= 11 is 0. The van der Waals surface area contributed by atoms with Crippen molar-refractivity contribution in [2.75, 3.05) is 19.0 Å². The normalized spacial score (nSPS) is 20.3. The lowest BCUT2D eigenvalue weighted by atomic mass is 9.93. The van der Waals surface area contributed by atoms with Gasteiger partial charge in [-0.25, -0.2) is 0 Å². The summed E-state index contributed by atoms with van der Waals surface area (Å²) in [5.74, 6) is 0.799. The van der Waals surface area contributed by atoms with E-state index < -0.39 is 5.66 Å². The molecule has 22 heavy (non-hydrogen) atoms. The van der Waals surface area contributed by atoms with Crippen LogP contribution in [0.2, 0.25) is 0 Å². The van der Waals surface area contributed by atoms with Crippen molar-refractivity contribution in [3.63, 3.8) is 0 Å². The maximum Gasteiger partial charge on any atom is 0.258 e. The molecule has 0 aromatic heterocycles. The molecule has 3 rings (SSSR count). The number of para-hydroxylation sites is 2. The molecule has 1 unspecified atom stereocenters. The van der Waals surface area contributed by atoms with E-state index in [1.165, 1.54) is 0 Å². The number of carbonyl (C=O) groups excluding carboxylic acids is 1. The van der Waals surface area contributed by atoms with Crippen LogP contribution in [0.25, 0.3) is 0 Å². The van der Waals surface area contributed by atoms with Gasteiger partial charge in [0.2, 0.25) is 0 Å². The molecular formula is C18H20N2O2. The molecule has 0 saturated heterocycles. The first-order valence-corrected chi connectivity index (χ1v) is 7.44. The van der Waals surface area contributed by atoms with E-state index in [0.29, 0.717) is 12.1 Å². The number of benzene rings is 2. The minimum atomic E-state index is -0.646. The SMILES string of the molecule is CCN1C(=O)c2ccccc2NC1(C)c1ccccc1OC. The predicted octanol–water partition coefficient (Wildman–Crippen LogP) is 3.46. The van der Waals surface area contributed by atoms with Crippen molar-refractivity contribution in [3.05, 3.63) is 59.7 Å². The Morgan fingerprint density at radius 1 is 1.14 bits per heavy atom. The topological polar surface area (TPSA) is 41.6 Å². The zero-order valence-corrected chi connectivity index (χ0v) is 13.1. The first-order valence-electron chi connectivity index (χ1n) is 7.44. The highest BCUT2D eigenvalue weighted by Crippen LogP contribution is 2.40. The highest BCUT2D eigenvalue weighted by atomic mass is 16.5. The van der Waals surface area contributed by atoms with Crippen molar-refractivity contribution in [1.82, 2.24) is 4.90 Å². The van der Waals surface area contributed by atoms with Crippen LogP contribution in [-0.2, 0) is 5.66 Å². The molecular weight excluding hydrogens is 276 g/mol.